The van der Waals surface area contributed by atoms with Gasteiger partial charge in [-0.2, -0.15) is 13.4 Å². The summed E-state index contributed by atoms with van der Waals surface area (Å²) in [5.74, 6) is -0.347. The molecular weight excluding hydrogens is 380 g/mol. The van der Waals surface area contributed by atoms with E-state index in [0.29, 0.717) is 35.3 Å². The second kappa shape index (κ2) is 9.54. The summed E-state index contributed by atoms with van der Waals surface area (Å²) in [6, 6.07) is 5.15. The summed E-state index contributed by atoms with van der Waals surface area (Å²) in [6.45, 7) is 0.254. The number of rotatable bonds is 2. The molecule has 1 aliphatic heterocycles. The molecule has 0 fully saturated rings. The molecule has 0 atom stereocenters. The summed E-state index contributed by atoms with van der Waals surface area (Å²) in [7, 11) is -2.40. The Kier molecular flexibility index (Phi) is 7.75. The van der Waals surface area contributed by atoms with Crippen LogP contribution in [-0.4, -0.2) is 50.9 Å². The fraction of sp³-hybridized carbons (Fsp3) is 0.267. The van der Waals surface area contributed by atoms with Crippen LogP contribution in [0.15, 0.2) is 28.8 Å². The normalized spacial score (nSPS) is 12.6. The SMILES string of the molecule is COC(=O)Nc1cccc2c1OCCC(C(=O)N=C(N)N)=C2.CS(=O)(=O)O. The molecule has 12 heteroatoms. The van der Waals surface area contributed by atoms with Crippen LogP contribution in [0.2, 0.25) is 0 Å². The maximum atomic E-state index is 11.9. The highest BCUT2D eigenvalue weighted by Crippen LogP contribution is 2.33. The molecule has 2 amide bonds. The minimum absolute atomic E-state index is 0.254. The zero-order chi connectivity index (χ0) is 20.6. The van der Waals surface area contributed by atoms with E-state index in [1.165, 1.54) is 7.11 Å². The lowest BCUT2D eigenvalue weighted by Gasteiger charge is -2.12. The largest absolute Gasteiger partial charge is 0.490 e. The van der Waals surface area contributed by atoms with E-state index < -0.39 is 22.1 Å². The second-order valence-corrected chi connectivity index (χ2v) is 6.65. The molecule has 0 unspecified atom stereocenters. The highest BCUT2D eigenvalue weighted by Gasteiger charge is 2.18. The molecule has 2 rings (SSSR count). The van der Waals surface area contributed by atoms with Crippen LogP contribution in [0.3, 0.4) is 0 Å². The summed E-state index contributed by atoms with van der Waals surface area (Å²) in [5, 5.41) is 2.56. The Balaban J connectivity index is 0.000000646. The molecule has 1 aromatic carbocycles. The third kappa shape index (κ3) is 8.20. The van der Waals surface area contributed by atoms with Crippen molar-refractivity contribution < 1.29 is 32.0 Å². The topological polar surface area (TPSA) is 183 Å². The van der Waals surface area contributed by atoms with Crippen molar-refractivity contribution in [2.24, 2.45) is 16.5 Å². The van der Waals surface area contributed by atoms with Gasteiger partial charge in [-0.1, -0.05) is 12.1 Å². The third-order valence-electron chi connectivity index (χ3n) is 2.92. The summed E-state index contributed by atoms with van der Waals surface area (Å²) in [4.78, 5) is 26.8. The van der Waals surface area contributed by atoms with Crippen LogP contribution in [0.5, 0.6) is 5.75 Å². The van der Waals surface area contributed by atoms with E-state index in [0.717, 1.165) is 0 Å². The summed E-state index contributed by atoms with van der Waals surface area (Å²) < 4.78 is 36.1. The molecule has 0 bridgehead atoms. The van der Waals surface area contributed by atoms with Crippen LogP contribution in [0.1, 0.15) is 12.0 Å². The first-order valence-corrected chi connectivity index (χ1v) is 9.24. The molecule has 0 aromatic heterocycles. The number of amides is 2. The standard InChI is InChI=1S/C14H16N4O4.CH4O3S/c1-21-14(20)17-10-4-2-3-8-7-9(5-6-22-11(8)10)12(19)18-13(15)16;1-5(2,3)4/h2-4,7H,5-6H2,1H3,(H,17,20)(H4,15,16,18,19);1H3,(H,2,3,4). The number of hydrogen-bond donors (Lipinski definition) is 4. The van der Waals surface area contributed by atoms with Gasteiger partial charge in [0.25, 0.3) is 16.0 Å². The number of para-hydroxylation sites is 1. The van der Waals surface area contributed by atoms with Crippen molar-refractivity contribution in [3.8, 4) is 5.75 Å². The smallest absolute Gasteiger partial charge is 0.411 e. The predicted octanol–water partition coefficient (Wildman–Crippen LogP) is 0.335. The van der Waals surface area contributed by atoms with Gasteiger partial charge in [-0.3, -0.25) is 14.7 Å². The van der Waals surface area contributed by atoms with E-state index in [4.69, 9.17) is 20.8 Å². The van der Waals surface area contributed by atoms with E-state index >= 15 is 0 Å². The van der Waals surface area contributed by atoms with Gasteiger partial charge in [0.1, 0.15) is 5.75 Å². The van der Waals surface area contributed by atoms with Crippen molar-refractivity contribution >= 4 is 39.8 Å². The number of carbonyl (C=O) groups excluding carboxylic acids is 2. The molecule has 1 aliphatic rings. The number of methoxy groups -OCH3 is 1. The first-order valence-electron chi connectivity index (χ1n) is 7.39. The van der Waals surface area contributed by atoms with Crippen LogP contribution in [-0.2, 0) is 19.6 Å². The van der Waals surface area contributed by atoms with Gasteiger partial charge in [0.05, 0.1) is 25.7 Å². The summed E-state index contributed by atoms with van der Waals surface area (Å²) >= 11 is 0. The Labute approximate surface area is 155 Å². The number of anilines is 1. The zero-order valence-corrected chi connectivity index (χ0v) is 15.4. The van der Waals surface area contributed by atoms with Crippen molar-refractivity contribution in [2.75, 3.05) is 25.3 Å². The van der Waals surface area contributed by atoms with E-state index in [2.05, 4.69) is 15.0 Å². The van der Waals surface area contributed by atoms with Crippen LogP contribution in [0.4, 0.5) is 10.5 Å². The van der Waals surface area contributed by atoms with E-state index in [9.17, 15) is 18.0 Å². The average Bonchev–Trinajstić information content (AvgIpc) is 2.75. The van der Waals surface area contributed by atoms with Gasteiger partial charge in [0.15, 0.2) is 5.96 Å². The van der Waals surface area contributed by atoms with Crippen molar-refractivity contribution in [3.63, 3.8) is 0 Å². The molecule has 0 aliphatic carbocycles. The number of ether oxygens (including phenoxy) is 2. The van der Waals surface area contributed by atoms with Crippen LogP contribution >= 0.6 is 0 Å². The molecule has 1 aromatic rings. The molecular formula is C15H20N4O7S. The van der Waals surface area contributed by atoms with Gasteiger partial charge in [-0.15, -0.1) is 0 Å². The molecule has 148 valence electrons. The van der Waals surface area contributed by atoms with Gasteiger partial charge < -0.3 is 20.9 Å². The molecule has 0 spiro atoms. The fourth-order valence-electron chi connectivity index (χ4n) is 1.97. The molecule has 1 heterocycles. The quantitative estimate of drug-likeness (QED) is 0.309. The van der Waals surface area contributed by atoms with Gasteiger partial charge in [0.2, 0.25) is 0 Å². The Bertz CT molecular complexity index is 866. The minimum Gasteiger partial charge on any atom is -0.490 e. The first kappa shape index (κ1) is 21.9. The summed E-state index contributed by atoms with van der Waals surface area (Å²) in [6.07, 6.45) is 2.09. The molecule has 11 nitrogen and oxygen atoms in total. The van der Waals surface area contributed by atoms with Gasteiger partial charge >= 0.3 is 6.09 Å². The number of nitrogens with two attached hydrogens (primary N) is 2. The molecule has 0 saturated heterocycles. The number of guanidine groups is 1. The monoisotopic (exact) mass is 400 g/mol. The molecule has 27 heavy (non-hydrogen) atoms. The van der Waals surface area contributed by atoms with Crippen LogP contribution < -0.4 is 21.5 Å². The third-order valence-corrected chi connectivity index (χ3v) is 2.92. The lowest BCUT2D eigenvalue weighted by atomic mass is 10.1. The Morgan fingerprint density at radius 2 is 1.96 bits per heavy atom. The van der Waals surface area contributed by atoms with Crippen molar-refractivity contribution in [1.29, 1.82) is 0 Å². The van der Waals surface area contributed by atoms with Crippen molar-refractivity contribution in [3.05, 3.63) is 29.3 Å². The zero-order valence-electron chi connectivity index (χ0n) is 14.6. The Morgan fingerprint density at radius 3 is 2.52 bits per heavy atom. The van der Waals surface area contributed by atoms with Crippen molar-refractivity contribution in [2.45, 2.75) is 6.42 Å². The van der Waals surface area contributed by atoms with Gasteiger partial charge in [0, 0.05) is 17.6 Å². The number of carbonyl (C=O) groups is 2. The van der Waals surface area contributed by atoms with E-state index in [-0.39, 0.29) is 12.6 Å². The molecule has 0 radical (unpaired) electrons. The maximum absolute atomic E-state index is 11.9. The lowest BCUT2D eigenvalue weighted by molar-refractivity contribution is -0.114. The number of benzene rings is 1. The number of aliphatic imine (C=N–C) groups is 1. The Hall–Kier alpha value is -3.12. The number of nitrogens with one attached hydrogen (secondary N) is 1. The number of nitrogens with zero attached hydrogens (tertiary/aromatic N) is 1. The van der Waals surface area contributed by atoms with Crippen LogP contribution in [0.25, 0.3) is 6.08 Å². The predicted molar refractivity (Wildman–Crippen MR) is 98.8 cm³/mol. The Morgan fingerprint density at radius 1 is 1.33 bits per heavy atom. The number of fused-ring (bicyclic) bond motifs is 1. The lowest BCUT2D eigenvalue weighted by Crippen LogP contribution is -2.24. The average molecular weight is 400 g/mol. The maximum Gasteiger partial charge on any atom is 0.411 e. The first-order chi connectivity index (χ1) is 12.5. The minimum atomic E-state index is -3.67. The van der Waals surface area contributed by atoms with Gasteiger partial charge in [-0.05, 0) is 12.1 Å². The van der Waals surface area contributed by atoms with E-state index in [1.54, 1.807) is 24.3 Å². The molecule has 6 N–H and O–H groups in total. The summed E-state index contributed by atoms with van der Waals surface area (Å²) in [5.41, 5.74) is 11.9. The van der Waals surface area contributed by atoms with E-state index in [1.807, 2.05) is 0 Å². The second-order valence-electron chi connectivity index (χ2n) is 5.18. The highest BCUT2D eigenvalue weighted by molar-refractivity contribution is 7.85. The van der Waals surface area contributed by atoms with Crippen molar-refractivity contribution in [1.82, 2.24) is 0 Å². The van der Waals surface area contributed by atoms with Crippen LogP contribution in [0, 0.1) is 0 Å². The fourth-order valence-corrected chi connectivity index (χ4v) is 1.97. The highest BCUT2D eigenvalue weighted by atomic mass is 32.2. The molecule has 0 saturated carbocycles. The number of hydrogen-bond acceptors (Lipinski definition) is 6. The van der Waals surface area contributed by atoms with Gasteiger partial charge in [-0.25, -0.2) is 4.79 Å².